The smallest absolute Gasteiger partial charge is 0.238 e. The Bertz CT molecular complexity index is 551. The standard InChI is InChI=1S/C10H12N2O3S/c1-12-9-4-3-8(16(11,14)15)6-7(9)2-5-10(12)13/h3-4,6H,2,5H2,1H3,(H2,11,14,15). The van der Waals surface area contributed by atoms with Gasteiger partial charge in [0.2, 0.25) is 15.9 Å². The summed E-state index contributed by atoms with van der Waals surface area (Å²) in [5.74, 6) is 0.0378. The van der Waals surface area contributed by atoms with Crippen LogP contribution in [0.3, 0.4) is 0 Å². The molecule has 16 heavy (non-hydrogen) atoms. The molecule has 6 heteroatoms. The number of primary sulfonamides is 1. The van der Waals surface area contributed by atoms with Gasteiger partial charge in [0, 0.05) is 19.2 Å². The lowest BCUT2D eigenvalue weighted by Crippen LogP contribution is -2.31. The van der Waals surface area contributed by atoms with Gasteiger partial charge >= 0.3 is 0 Å². The average Bonchev–Trinajstić information content (AvgIpc) is 2.22. The van der Waals surface area contributed by atoms with Crippen molar-refractivity contribution < 1.29 is 13.2 Å². The Morgan fingerprint density at radius 2 is 2.00 bits per heavy atom. The molecule has 1 amide bonds. The predicted molar refractivity (Wildman–Crippen MR) is 59.5 cm³/mol. The fourth-order valence-electron chi connectivity index (χ4n) is 1.81. The molecule has 0 unspecified atom stereocenters. The van der Waals surface area contributed by atoms with Crippen molar-refractivity contribution in [2.75, 3.05) is 11.9 Å². The Morgan fingerprint density at radius 1 is 1.31 bits per heavy atom. The molecule has 1 aromatic rings. The summed E-state index contributed by atoms with van der Waals surface area (Å²) >= 11 is 0. The van der Waals surface area contributed by atoms with Crippen molar-refractivity contribution in [3.05, 3.63) is 23.8 Å². The first-order valence-electron chi connectivity index (χ1n) is 4.82. The Labute approximate surface area is 93.9 Å². The van der Waals surface area contributed by atoms with Crippen LogP contribution in [0, 0.1) is 0 Å². The minimum atomic E-state index is -3.67. The van der Waals surface area contributed by atoms with E-state index in [1.165, 1.54) is 17.0 Å². The zero-order valence-corrected chi connectivity index (χ0v) is 9.62. The minimum Gasteiger partial charge on any atom is -0.315 e. The number of amides is 1. The highest BCUT2D eigenvalue weighted by Gasteiger charge is 2.22. The molecule has 2 rings (SSSR count). The van der Waals surface area contributed by atoms with Crippen LogP contribution in [0.1, 0.15) is 12.0 Å². The molecule has 1 heterocycles. The number of benzene rings is 1. The summed E-state index contributed by atoms with van der Waals surface area (Å²) in [6.07, 6.45) is 0.958. The van der Waals surface area contributed by atoms with Gasteiger partial charge in [-0.15, -0.1) is 0 Å². The quantitative estimate of drug-likeness (QED) is 0.763. The van der Waals surface area contributed by atoms with Gasteiger partial charge in [-0.05, 0) is 30.2 Å². The number of carbonyl (C=O) groups excluding carboxylic acids is 1. The topological polar surface area (TPSA) is 80.5 Å². The van der Waals surface area contributed by atoms with Gasteiger partial charge in [-0.3, -0.25) is 4.79 Å². The number of nitrogens with two attached hydrogens (primary N) is 1. The van der Waals surface area contributed by atoms with Crippen LogP contribution < -0.4 is 10.0 Å². The van der Waals surface area contributed by atoms with Gasteiger partial charge in [0.1, 0.15) is 0 Å². The van der Waals surface area contributed by atoms with Crippen molar-refractivity contribution in [1.29, 1.82) is 0 Å². The summed E-state index contributed by atoms with van der Waals surface area (Å²) in [5, 5.41) is 5.04. The van der Waals surface area contributed by atoms with E-state index in [1.54, 1.807) is 13.1 Å². The van der Waals surface area contributed by atoms with E-state index in [2.05, 4.69) is 0 Å². The Kier molecular flexibility index (Phi) is 2.47. The summed E-state index contributed by atoms with van der Waals surface area (Å²) < 4.78 is 22.3. The summed E-state index contributed by atoms with van der Waals surface area (Å²) in [4.78, 5) is 13.0. The second-order valence-electron chi connectivity index (χ2n) is 3.79. The van der Waals surface area contributed by atoms with E-state index >= 15 is 0 Å². The normalized spacial score (nSPS) is 16.1. The molecule has 1 aliphatic rings. The first-order valence-corrected chi connectivity index (χ1v) is 6.36. The van der Waals surface area contributed by atoms with E-state index in [0.29, 0.717) is 12.8 Å². The Hall–Kier alpha value is -1.40. The monoisotopic (exact) mass is 240 g/mol. The molecule has 0 saturated carbocycles. The van der Waals surface area contributed by atoms with Gasteiger partial charge in [-0.25, -0.2) is 13.6 Å². The zero-order valence-electron chi connectivity index (χ0n) is 8.80. The Balaban J connectivity index is 2.53. The predicted octanol–water partition coefficient (Wildman–Crippen LogP) is 0.243. The van der Waals surface area contributed by atoms with Crippen molar-refractivity contribution in [3.8, 4) is 0 Å². The van der Waals surface area contributed by atoms with Crippen LogP contribution in [0.15, 0.2) is 23.1 Å². The van der Waals surface area contributed by atoms with Gasteiger partial charge in [0.25, 0.3) is 0 Å². The molecule has 0 atom stereocenters. The van der Waals surface area contributed by atoms with Gasteiger partial charge in [0.15, 0.2) is 0 Å². The molecule has 0 saturated heterocycles. The maximum Gasteiger partial charge on any atom is 0.238 e. The van der Waals surface area contributed by atoms with E-state index in [0.717, 1.165) is 11.3 Å². The van der Waals surface area contributed by atoms with Gasteiger partial charge < -0.3 is 4.90 Å². The zero-order chi connectivity index (χ0) is 11.9. The van der Waals surface area contributed by atoms with Crippen molar-refractivity contribution >= 4 is 21.6 Å². The first-order chi connectivity index (χ1) is 7.39. The number of fused-ring (bicyclic) bond motifs is 1. The van der Waals surface area contributed by atoms with Crippen molar-refractivity contribution in [2.24, 2.45) is 5.14 Å². The average molecular weight is 240 g/mol. The molecule has 0 spiro atoms. The van der Waals surface area contributed by atoms with Crippen LogP contribution in [0.5, 0.6) is 0 Å². The highest BCUT2D eigenvalue weighted by molar-refractivity contribution is 7.89. The van der Waals surface area contributed by atoms with Crippen molar-refractivity contribution in [2.45, 2.75) is 17.7 Å². The lowest BCUT2D eigenvalue weighted by atomic mass is 10.0. The van der Waals surface area contributed by atoms with Gasteiger partial charge in [-0.2, -0.15) is 0 Å². The molecular formula is C10H12N2O3S. The van der Waals surface area contributed by atoms with Crippen molar-refractivity contribution in [3.63, 3.8) is 0 Å². The number of sulfonamides is 1. The molecule has 1 aliphatic heterocycles. The summed E-state index contributed by atoms with van der Waals surface area (Å²) in [6.45, 7) is 0. The number of anilines is 1. The largest absolute Gasteiger partial charge is 0.315 e. The van der Waals surface area contributed by atoms with Gasteiger partial charge in [0.05, 0.1) is 4.90 Å². The number of hydrogen-bond donors (Lipinski definition) is 1. The van der Waals surface area contributed by atoms with Crippen LogP contribution in [0.2, 0.25) is 0 Å². The number of rotatable bonds is 1. The maximum atomic E-state index is 11.4. The lowest BCUT2D eigenvalue weighted by Gasteiger charge is -2.25. The summed E-state index contributed by atoms with van der Waals surface area (Å²) in [7, 11) is -1.99. The molecule has 86 valence electrons. The first kappa shape index (κ1) is 11.1. The van der Waals surface area contributed by atoms with E-state index in [1.807, 2.05) is 0 Å². The molecular weight excluding hydrogens is 228 g/mol. The fraction of sp³-hybridized carbons (Fsp3) is 0.300. The summed E-state index contributed by atoms with van der Waals surface area (Å²) in [5.41, 5.74) is 1.59. The van der Waals surface area contributed by atoms with E-state index in [-0.39, 0.29) is 10.8 Å². The molecule has 0 aromatic heterocycles. The fourth-order valence-corrected chi connectivity index (χ4v) is 2.37. The van der Waals surface area contributed by atoms with Crippen LogP contribution in [0.25, 0.3) is 0 Å². The summed E-state index contributed by atoms with van der Waals surface area (Å²) in [6, 6.07) is 4.57. The lowest BCUT2D eigenvalue weighted by molar-refractivity contribution is -0.118. The molecule has 0 fully saturated rings. The second-order valence-corrected chi connectivity index (χ2v) is 5.35. The van der Waals surface area contributed by atoms with Crippen LogP contribution in [-0.4, -0.2) is 21.4 Å². The van der Waals surface area contributed by atoms with Crippen LogP contribution in [-0.2, 0) is 21.2 Å². The highest BCUT2D eigenvalue weighted by Crippen LogP contribution is 2.28. The van der Waals surface area contributed by atoms with Gasteiger partial charge in [-0.1, -0.05) is 0 Å². The number of carbonyl (C=O) groups is 1. The molecule has 0 radical (unpaired) electrons. The van der Waals surface area contributed by atoms with E-state index in [4.69, 9.17) is 5.14 Å². The molecule has 5 nitrogen and oxygen atoms in total. The Morgan fingerprint density at radius 3 is 2.62 bits per heavy atom. The number of nitrogens with zero attached hydrogens (tertiary/aromatic N) is 1. The van der Waals surface area contributed by atoms with E-state index in [9.17, 15) is 13.2 Å². The third-order valence-electron chi connectivity index (χ3n) is 2.72. The number of hydrogen-bond acceptors (Lipinski definition) is 3. The minimum absolute atomic E-state index is 0.0378. The molecule has 2 N–H and O–H groups in total. The number of aryl methyl sites for hydroxylation is 1. The SMILES string of the molecule is CN1C(=O)CCc2cc(S(N)(=O)=O)ccc21. The van der Waals surface area contributed by atoms with E-state index < -0.39 is 10.0 Å². The third-order valence-corrected chi connectivity index (χ3v) is 3.63. The maximum absolute atomic E-state index is 11.4. The third kappa shape index (κ3) is 1.81. The van der Waals surface area contributed by atoms with Crippen LogP contribution in [0.4, 0.5) is 5.69 Å². The molecule has 0 aliphatic carbocycles. The second kappa shape index (κ2) is 3.57. The van der Waals surface area contributed by atoms with Crippen LogP contribution >= 0.6 is 0 Å². The molecule has 0 bridgehead atoms. The highest BCUT2D eigenvalue weighted by atomic mass is 32.2. The van der Waals surface area contributed by atoms with Crippen molar-refractivity contribution in [1.82, 2.24) is 0 Å². The molecule has 1 aromatic carbocycles.